The Bertz CT molecular complexity index is 474. The van der Waals surface area contributed by atoms with E-state index in [-0.39, 0.29) is 0 Å². The highest BCUT2D eigenvalue weighted by atomic mass is 16.6. The lowest BCUT2D eigenvalue weighted by atomic mass is 10.3. The van der Waals surface area contributed by atoms with Crippen molar-refractivity contribution >= 4 is 29.8 Å². The molecule has 0 fully saturated rings. The molecule has 0 aliphatic heterocycles. The Kier molecular flexibility index (Phi) is 8.97. The second-order valence-corrected chi connectivity index (χ2v) is 4.71. The van der Waals surface area contributed by atoms with Gasteiger partial charge in [-0.1, -0.05) is 0 Å². The lowest BCUT2D eigenvalue weighted by Gasteiger charge is -2.31. The molecule has 0 aromatic heterocycles. The Hall–Kier alpha value is -2.73. The van der Waals surface area contributed by atoms with Crippen LogP contribution in [-0.4, -0.2) is 99.0 Å². The van der Waals surface area contributed by atoms with E-state index in [0.717, 1.165) is 16.7 Å². The van der Waals surface area contributed by atoms with Crippen LogP contribution in [0.1, 0.15) is 6.92 Å². The second-order valence-electron chi connectivity index (χ2n) is 4.71. The van der Waals surface area contributed by atoms with Gasteiger partial charge < -0.3 is 25.2 Å². The SMILES string of the molecule is CC(=O)OC(CN(CC(=O)O)CC(=O)O)N(CC(=O)O)CC(=O)O. The highest BCUT2D eigenvalue weighted by Crippen LogP contribution is 2.06. The molecule has 24 heavy (non-hydrogen) atoms. The number of rotatable bonds is 12. The highest BCUT2D eigenvalue weighted by molar-refractivity contribution is 5.73. The van der Waals surface area contributed by atoms with Crippen molar-refractivity contribution in [1.29, 1.82) is 0 Å². The maximum atomic E-state index is 11.2. The number of carboxylic acid groups (broad SMARTS) is 4. The molecule has 0 aromatic rings. The van der Waals surface area contributed by atoms with Gasteiger partial charge in [-0.05, 0) is 0 Å². The molecule has 0 heterocycles. The second kappa shape index (κ2) is 10.1. The van der Waals surface area contributed by atoms with E-state index in [9.17, 15) is 24.0 Å². The summed E-state index contributed by atoms with van der Waals surface area (Å²) < 4.78 is 4.84. The number of esters is 1. The average Bonchev–Trinajstić information content (AvgIpc) is 2.33. The summed E-state index contributed by atoms with van der Waals surface area (Å²) in [7, 11) is 0. The Labute approximate surface area is 135 Å². The van der Waals surface area contributed by atoms with Crippen molar-refractivity contribution in [3.8, 4) is 0 Å². The van der Waals surface area contributed by atoms with E-state index in [2.05, 4.69) is 0 Å². The molecular formula is C12H18N2O10. The van der Waals surface area contributed by atoms with Crippen LogP contribution < -0.4 is 0 Å². The summed E-state index contributed by atoms with van der Waals surface area (Å²) in [6, 6.07) is 0. The monoisotopic (exact) mass is 350 g/mol. The van der Waals surface area contributed by atoms with Crippen LogP contribution >= 0.6 is 0 Å². The van der Waals surface area contributed by atoms with E-state index in [4.69, 9.17) is 25.2 Å². The van der Waals surface area contributed by atoms with Gasteiger partial charge in [-0.2, -0.15) is 0 Å². The van der Waals surface area contributed by atoms with Gasteiger partial charge in [0.1, 0.15) is 13.1 Å². The van der Waals surface area contributed by atoms with Gasteiger partial charge in [0.25, 0.3) is 0 Å². The quantitative estimate of drug-likeness (QED) is 0.221. The van der Waals surface area contributed by atoms with Crippen LogP contribution in [0.5, 0.6) is 0 Å². The van der Waals surface area contributed by atoms with Crippen molar-refractivity contribution in [3.63, 3.8) is 0 Å². The van der Waals surface area contributed by atoms with Crippen LogP contribution in [0, 0.1) is 0 Å². The number of hydrogen-bond acceptors (Lipinski definition) is 8. The van der Waals surface area contributed by atoms with Gasteiger partial charge >= 0.3 is 29.8 Å². The number of nitrogens with zero attached hydrogens (tertiary/aromatic N) is 2. The van der Waals surface area contributed by atoms with Gasteiger partial charge in [0.15, 0.2) is 6.23 Å². The molecule has 0 spiro atoms. The zero-order valence-corrected chi connectivity index (χ0v) is 12.7. The molecule has 0 rings (SSSR count). The fraction of sp³-hybridized carbons (Fsp3) is 0.583. The summed E-state index contributed by atoms with van der Waals surface area (Å²) in [5.41, 5.74) is 0. The Morgan fingerprint density at radius 3 is 1.46 bits per heavy atom. The van der Waals surface area contributed by atoms with Gasteiger partial charge in [-0.15, -0.1) is 0 Å². The largest absolute Gasteiger partial charge is 0.480 e. The minimum Gasteiger partial charge on any atom is -0.480 e. The van der Waals surface area contributed by atoms with E-state index in [0.29, 0.717) is 0 Å². The van der Waals surface area contributed by atoms with Crippen molar-refractivity contribution in [2.24, 2.45) is 0 Å². The van der Waals surface area contributed by atoms with Crippen molar-refractivity contribution in [3.05, 3.63) is 0 Å². The average molecular weight is 350 g/mol. The molecule has 0 radical (unpaired) electrons. The number of hydrogen-bond donors (Lipinski definition) is 4. The summed E-state index contributed by atoms with van der Waals surface area (Å²) >= 11 is 0. The van der Waals surface area contributed by atoms with Gasteiger partial charge in [0.2, 0.25) is 0 Å². The molecular weight excluding hydrogens is 332 g/mol. The van der Waals surface area contributed by atoms with Gasteiger partial charge in [0.05, 0.1) is 19.6 Å². The van der Waals surface area contributed by atoms with Crippen LogP contribution in [-0.2, 0) is 28.7 Å². The third kappa shape index (κ3) is 10.1. The van der Waals surface area contributed by atoms with Crippen LogP contribution in [0.3, 0.4) is 0 Å². The van der Waals surface area contributed by atoms with Crippen molar-refractivity contribution in [2.75, 3.05) is 32.7 Å². The minimum absolute atomic E-state index is 0.501. The molecule has 0 aliphatic carbocycles. The molecule has 12 heteroatoms. The molecule has 1 atom stereocenters. The minimum atomic E-state index is -1.45. The number of aliphatic carboxylic acids is 4. The number of carbonyl (C=O) groups excluding carboxylic acids is 1. The van der Waals surface area contributed by atoms with Crippen molar-refractivity contribution in [1.82, 2.24) is 9.80 Å². The molecule has 0 saturated heterocycles. The summed E-state index contributed by atoms with van der Waals surface area (Å²) in [5.74, 6) is -6.40. The topological polar surface area (TPSA) is 182 Å². The Morgan fingerprint density at radius 1 is 0.792 bits per heavy atom. The maximum Gasteiger partial charge on any atom is 0.317 e. The first-order valence-electron chi connectivity index (χ1n) is 6.52. The molecule has 0 aromatic carbocycles. The lowest BCUT2D eigenvalue weighted by Crippen LogP contribution is -2.51. The van der Waals surface area contributed by atoms with Crippen LogP contribution in [0.4, 0.5) is 0 Å². The zero-order chi connectivity index (χ0) is 18.9. The predicted molar refractivity (Wildman–Crippen MR) is 74.1 cm³/mol. The van der Waals surface area contributed by atoms with E-state index in [1.165, 1.54) is 0 Å². The Morgan fingerprint density at radius 2 is 1.17 bits per heavy atom. The van der Waals surface area contributed by atoms with Crippen molar-refractivity contribution < 1.29 is 49.1 Å². The van der Waals surface area contributed by atoms with Crippen LogP contribution in [0.15, 0.2) is 0 Å². The smallest absolute Gasteiger partial charge is 0.317 e. The lowest BCUT2D eigenvalue weighted by molar-refractivity contribution is -0.167. The molecule has 0 saturated carbocycles. The number of carbonyl (C=O) groups is 5. The van der Waals surface area contributed by atoms with E-state index < -0.39 is 68.8 Å². The van der Waals surface area contributed by atoms with E-state index >= 15 is 0 Å². The van der Waals surface area contributed by atoms with Gasteiger partial charge in [0, 0.05) is 6.92 Å². The fourth-order valence-corrected chi connectivity index (χ4v) is 1.81. The van der Waals surface area contributed by atoms with Crippen LogP contribution in [0.25, 0.3) is 0 Å². The van der Waals surface area contributed by atoms with Crippen molar-refractivity contribution in [2.45, 2.75) is 13.2 Å². The molecule has 0 aliphatic rings. The highest BCUT2D eigenvalue weighted by Gasteiger charge is 2.29. The summed E-state index contributed by atoms with van der Waals surface area (Å²) in [4.78, 5) is 56.0. The molecule has 0 amide bonds. The normalized spacial score (nSPS) is 12.0. The summed E-state index contributed by atoms with van der Waals surface area (Å²) in [6.45, 7) is -2.57. The molecule has 1 unspecified atom stereocenters. The first kappa shape index (κ1) is 21.3. The molecule has 136 valence electrons. The molecule has 4 N–H and O–H groups in total. The van der Waals surface area contributed by atoms with Gasteiger partial charge in [-0.25, -0.2) is 4.90 Å². The summed E-state index contributed by atoms with van der Waals surface area (Å²) in [5, 5.41) is 35.2. The first-order chi connectivity index (χ1) is 11.0. The standard InChI is InChI=1S/C12H18N2O10/c1-7(15)24-8(14(5-11(20)21)6-12(22)23)2-13(3-9(16)17)4-10(18)19/h8H,2-6H2,1H3,(H,16,17)(H,18,19)(H,20,21)(H,22,23). The number of carboxylic acids is 4. The maximum absolute atomic E-state index is 11.2. The first-order valence-corrected chi connectivity index (χ1v) is 6.52. The third-order valence-electron chi connectivity index (χ3n) is 2.52. The predicted octanol–water partition coefficient (Wildman–Crippen LogP) is -2.18. The van der Waals surface area contributed by atoms with E-state index in [1.807, 2.05) is 0 Å². The van der Waals surface area contributed by atoms with E-state index in [1.54, 1.807) is 0 Å². The number of ether oxygens (including phenoxy) is 1. The molecule has 0 bridgehead atoms. The zero-order valence-electron chi connectivity index (χ0n) is 12.7. The summed E-state index contributed by atoms with van der Waals surface area (Å²) in [6.07, 6.45) is -1.45. The third-order valence-corrected chi connectivity index (χ3v) is 2.52. The Balaban J connectivity index is 5.36. The van der Waals surface area contributed by atoms with Crippen LogP contribution in [0.2, 0.25) is 0 Å². The fourth-order valence-electron chi connectivity index (χ4n) is 1.81. The van der Waals surface area contributed by atoms with Gasteiger partial charge in [-0.3, -0.25) is 28.9 Å². The molecule has 12 nitrogen and oxygen atoms in total.